The molecule has 4 heteroatoms. The van der Waals surface area contributed by atoms with Crippen molar-refractivity contribution >= 4 is 10.0 Å². The van der Waals surface area contributed by atoms with Gasteiger partial charge in [0.15, 0.2) is 0 Å². The Morgan fingerprint density at radius 1 is 1.45 bits per heavy atom. The number of rotatable bonds is 4. The molecule has 0 aliphatic heterocycles. The second-order valence-corrected chi connectivity index (χ2v) is 4.41. The summed E-state index contributed by atoms with van der Waals surface area (Å²) in [7, 11) is -3.16. The number of hydrogen-bond acceptors (Lipinski definition) is 2. The van der Waals surface area contributed by atoms with Crippen LogP contribution in [0.5, 0.6) is 0 Å². The average molecular weight is 177 g/mol. The molecule has 0 saturated carbocycles. The minimum Gasteiger partial charge on any atom is -0.211 e. The van der Waals surface area contributed by atoms with Crippen LogP contribution in [-0.4, -0.2) is 15.0 Å². The number of allylic oxidation sites excluding steroid dienone is 1. The molecule has 0 fully saturated rings. The van der Waals surface area contributed by atoms with Crippen molar-refractivity contribution in [3.05, 3.63) is 11.5 Å². The van der Waals surface area contributed by atoms with Crippen LogP contribution in [0.1, 0.15) is 20.8 Å². The van der Waals surface area contributed by atoms with Gasteiger partial charge in [0.1, 0.15) is 0 Å². The third kappa shape index (κ3) is 6.06. The molecule has 0 bridgehead atoms. The first-order valence-corrected chi connectivity index (χ1v) is 5.15. The Morgan fingerprint density at radius 2 is 2.00 bits per heavy atom. The summed E-state index contributed by atoms with van der Waals surface area (Å²) in [6.45, 7) is 6.08. The highest BCUT2D eigenvalue weighted by molar-refractivity contribution is 7.92. The van der Waals surface area contributed by atoms with Gasteiger partial charge < -0.3 is 0 Å². The van der Waals surface area contributed by atoms with Gasteiger partial charge in [-0.15, -0.1) is 0 Å². The topological polar surface area (TPSA) is 46.2 Å². The fourth-order valence-corrected chi connectivity index (χ4v) is 1.53. The van der Waals surface area contributed by atoms with Crippen LogP contribution in [0.25, 0.3) is 0 Å². The molecule has 0 spiro atoms. The summed E-state index contributed by atoms with van der Waals surface area (Å²) >= 11 is 0. The molecule has 3 nitrogen and oxygen atoms in total. The minimum absolute atomic E-state index is 0.343. The highest BCUT2D eigenvalue weighted by atomic mass is 32.2. The standard InChI is InChI=1S/C7H15NO2S/c1-4-5-11(9,10)8-6-7(2)3/h4-5,7-8H,6H2,1-3H3/b5-4+. The van der Waals surface area contributed by atoms with Gasteiger partial charge in [-0.1, -0.05) is 19.9 Å². The van der Waals surface area contributed by atoms with Crippen LogP contribution in [0.3, 0.4) is 0 Å². The van der Waals surface area contributed by atoms with E-state index in [1.54, 1.807) is 6.92 Å². The molecule has 0 unspecified atom stereocenters. The Labute approximate surface area is 68.5 Å². The third-order valence-electron chi connectivity index (χ3n) is 1.01. The SMILES string of the molecule is C/C=C/S(=O)(=O)NCC(C)C. The average Bonchev–Trinajstić information content (AvgIpc) is 1.84. The number of nitrogens with one attached hydrogen (secondary N) is 1. The van der Waals surface area contributed by atoms with Crippen molar-refractivity contribution in [2.75, 3.05) is 6.54 Å². The van der Waals surface area contributed by atoms with Gasteiger partial charge in [0, 0.05) is 12.0 Å². The molecular formula is C7H15NO2S. The summed E-state index contributed by atoms with van der Waals surface area (Å²) in [6.07, 6.45) is 1.50. The smallest absolute Gasteiger partial charge is 0.211 e. The zero-order valence-corrected chi connectivity index (χ0v) is 7.98. The molecule has 1 N–H and O–H groups in total. The zero-order chi connectivity index (χ0) is 8.91. The van der Waals surface area contributed by atoms with E-state index >= 15 is 0 Å². The van der Waals surface area contributed by atoms with Gasteiger partial charge >= 0.3 is 0 Å². The molecule has 11 heavy (non-hydrogen) atoms. The van der Waals surface area contributed by atoms with Crippen LogP contribution in [0, 0.1) is 5.92 Å². The maximum absolute atomic E-state index is 10.9. The Hall–Kier alpha value is -0.350. The molecule has 66 valence electrons. The first kappa shape index (κ1) is 10.7. The van der Waals surface area contributed by atoms with E-state index in [4.69, 9.17) is 0 Å². The van der Waals surface area contributed by atoms with Crippen molar-refractivity contribution in [3.8, 4) is 0 Å². The first-order chi connectivity index (χ1) is 4.98. The molecule has 0 aromatic carbocycles. The van der Waals surface area contributed by atoms with Gasteiger partial charge in [-0.25, -0.2) is 13.1 Å². The van der Waals surface area contributed by atoms with Gasteiger partial charge in [-0.3, -0.25) is 0 Å². The lowest BCUT2D eigenvalue weighted by molar-refractivity contribution is 0.568. The van der Waals surface area contributed by atoms with Crippen molar-refractivity contribution in [2.24, 2.45) is 5.92 Å². The Bertz CT molecular complexity index is 217. The van der Waals surface area contributed by atoms with E-state index in [1.165, 1.54) is 6.08 Å². The van der Waals surface area contributed by atoms with Crippen LogP contribution >= 0.6 is 0 Å². The van der Waals surface area contributed by atoms with Crippen molar-refractivity contribution in [2.45, 2.75) is 20.8 Å². The molecular weight excluding hydrogens is 162 g/mol. The molecule has 0 aromatic rings. The third-order valence-corrected chi connectivity index (χ3v) is 2.21. The highest BCUT2D eigenvalue weighted by Crippen LogP contribution is 1.91. The summed E-state index contributed by atoms with van der Waals surface area (Å²) in [5.41, 5.74) is 0. The lowest BCUT2D eigenvalue weighted by Gasteiger charge is -2.04. The molecule has 0 atom stereocenters. The molecule has 0 aromatic heterocycles. The van der Waals surface area contributed by atoms with E-state index in [-0.39, 0.29) is 0 Å². The van der Waals surface area contributed by atoms with E-state index in [9.17, 15) is 8.42 Å². The summed E-state index contributed by atoms with van der Waals surface area (Å²) < 4.78 is 24.3. The molecule has 0 saturated heterocycles. The summed E-state index contributed by atoms with van der Waals surface area (Å²) in [6, 6.07) is 0. The Balaban J connectivity index is 3.95. The Morgan fingerprint density at radius 3 is 2.36 bits per heavy atom. The van der Waals surface area contributed by atoms with Gasteiger partial charge in [0.05, 0.1) is 0 Å². The van der Waals surface area contributed by atoms with Gasteiger partial charge in [-0.05, 0) is 12.8 Å². The molecule has 0 aliphatic rings. The largest absolute Gasteiger partial charge is 0.233 e. The van der Waals surface area contributed by atoms with Crippen LogP contribution < -0.4 is 4.72 Å². The predicted molar refractivity (Wildman–Crippen MR) is 46.6 cm³/mol. The molecule has 0 heterocycles. The van der Waals surface area contributed by atoms with E-state index in [1.807, 2.05) is 13.8 Å². The van der Waals surface area contributed by atoms with Crippen LogP contribution in [-0.2, 0) is 10.0 Å². The van der Waals surface area contributed by atoms with E-state index in [0.717, 1.165) is 5.41 Å². The van der Waals surface area contributed by atoms with Crippen molar-refractivity contribution in [3.63, 3.8) is 0 Å². The maximum Gasteiger partial charge on any atom is 0.233 e. The molecule has 0 amide bonds. The van der Waals surface area contributed by atoms with E-state index in [0.29, 0.717) is 12.5 Å². The lowest BCUT2D eigenvalue weighted by Crippen LogP contribution is -2.25. The van der Waals surface area contributed by atoms with E-state index in [2.05, 4.69) is 4.72 Å². The molecule has 0 aliphatic carbocycles. The molecule has 0 radical (unpaired) electrons. The predicted octanol–water partition coefficient (Wildman–Crippen LogP) is 1.10. The van der Waals surface area contributed by atoms with Crippen LogP contribution in [0.2, 0.25) is 0 Å². The van der Waals surface area contributed by atoms with Gasteiger partial charge in [0.25, 0.3) is 0 Å². The normalized spacial score (nSPS) is 13.1. The van der Waals surface area contributed by atoms with Crippen LogP contribution in [0.4, 0.5) is 0 Å². The Kier molecular flexibility index (Phi) is 4.37. The second-order valence-electron chi connectivity index (χ2n) is 2.76. The zero-order valence-electron chi connectivity index (χ0n) is 7.16. The van der Waals surface area contributed by atoms with Crippen molar-refractivity contribution in [1.82, 2.24) is 4.72 Å². The number of sulfonamides is 1. The van der Waals surface area contributed by atoms with Crippen molar-refractivity contribution < 1.29 is 8.42 Å². The highest BCUT2D eigenvalue weighted by Gasteiger charge is 2.03. The van der Waals surface area contributed by atoms with Gasteiger partial charge in [0.2, 0.25) is 10.0 Å². The van der Waals surface area contributed by atoms with Gasteiger partial charge in [-0.2, -0.15) is 0 Å². The number of hydrogen-bond donors (Lipinski definition) is 1. The van der Waals surface area contributed by atoms with Crippen LogP contribution in [0.15, 0.2) is 11.5 Å². The second kappa shape index (κ2) is 4.51. The summed E-state index contributed by atoms with van der Waals surface area (Å²) in [5.74, 6) is 0.343. The van der Waals surface area contributed by atoms with Crippen molar-refractivity contribution in [1.29, 1.82) is 0 Å². The lowest BCUT2D eigenvalue weighted by atomic mass is 10.2. The van der Waals surface area contributed by atoms with E-state index < -0.39 is 10.0 Å². The monoisotopic (exact) mass is 177 g/mol. The first-order valence-electron chi connectivity index (χ1n) is 3.60. The minimum atomic E-state index is -3.16. The summed E-state index contributed by atoms with van der Waals surface area (Å²) in [5, 5.41) is 1.16. The maximum atomic E-state index is 10.9. The fraction of sp³-hybridized carbons (Fsp3) is 0.714. The fourth-order valence-electron chi connectivity index (χ4n) is 0.510. The quantitative estimate of drug-likeness (QED) is 0.699. The molecule has 0 rings (SSSR count). The summed E-state index contributed by atoms with van der Waals surface area (Å²) in [4.78, 5) is 0.